The Hall–Kier alpha value is -0.570. The number of carbonyl (C=O) groups excluding carboxylic acids is 1. The summed E-state index contributed by atoms with van der Waals surface area (Å²) in [6.45, 7) is 3.00. The molecule has 0 aromatic rings. The normalized spacial score (nSPS) is 31.6. The van der Waals surface area contributed by atoms with Gasteiger partial charge in [0.25, 0.3) is 0 Å². The number of hydrogen-bond donors (Lipinski definition) is 1. The molecule has 4 aliphatic rings. The highest BCUT2D eigenvalue weighted by atomic mass is 16.2. The topological polar surface area (TPSA) is 32.3 Å². The van der Waals surface area contributed by atoms with Crippen molar-refractivity contribution < 1.29 is 4.79 Å². The van der Waals surface area contributed by atoms with Crippen LogP contribution in [0.15, 0.2) is 0 Å². The van der Waals surface area contributed by atoms with Crippen LogP contribution in [-0.4, -0.2) is 35.5 Å². The molecular weight excluding hydrogens is 284 g/mol. The van der Waals surface area contributed by atoms with Crippen molar-refractivity contribution in [3.05, 3.63) is 0 Å². The monoisotopic (exact) mass is 318 g/mol. The van der Waals surface area contributed by atoms with E-state index in [-0.39, 0.29) is 0 Å². The molecule has 0 saturated heterocycles. The van der Waals surface area contributed by atoms with E-state index >= 15 is 0 Å². The molecule has 0 aromatic heterocycles. The molecule has 1 N–H and O–H groups in total. The molecule has 1 amide bonds. The van der Waals surface area contributed by atoms with Crippen LogP contribution >= 0.6 is 0 Å². The standard InChI is InChI=1S/C20H34N2O/c1-2-14-3-9-17(10-4-14)22(18-11-12-18)13-19(23)21-20(15-5-6-15)16-7-8-16/h14-18,20H,2-13H2,1H3,(H,21,23). The Morgan fingerprint density at radius 3 is 1.87 bits per heavy atom. The Morgan fingerprint density at radius 2 is 1.43 bits per heavy atom. The summed E-state index contributed by atoms with van der Waals surface area (Å²) in [7, 11) is 0. The molecule has 4 rings (SSSR count). The summed E-state index contributed by atoms with van der Waals surface area (Å²) in [5.41, 5.74) is 0. The molecular formula is C20H34N2O. The SMILES string of the molecule is CCC1CCC(N(CC(=O)NC(C2CC2)C2CC2)C2CC2)CC1. The van der Waals surface area contributed by atoms with E-state index in [1.807, 2.05) is 0 Å². The lowest BCUT2D eigenvalue weighted by atomic mass is 9.84. The number of rotatable bonds is 8. The largest absolute Gasteiger partial charge is 0.352 e. The minimum atomic E-state index is 0.318. The number of nitrogens with zero attached hydrogens (tertiary/aromatic N) is 1. The fourth-order valence-electron chi connectivity index (χ4n) is 4.78. The Morgan fingerprint density at radius 1 is 0.913 bits per heavy atom. The maximum absolute atomic E-state index is 12.7. The van der Waals surface area contributed by atoms with Gasteiger partial charge in [0.1, 0.15) is 0 Å². The summed E-state index contributed by atoms with van der Waals surface area (Å²) < 4.78 is 0. The van der Waals surface area contributed by atoms with Gasteiger partial charge in [0, 0.05) is 18.1 Å². The van der Waals surface area contributed by atoms with Crippen LogP contribution in [0, 0.1) is 17.8 Å². The second kappa shape index (κ2) is 6.74. The Kier molecular flexibility index (Phi) is 4.67. The fraction of sp³-hybridized carbons (Fsp3) is 0.950. The average molecular weight is 319 g/mol. The summed E-state index contributed by atoms with van der Waals surface area (Å²) in [6.07, 6.45) is 14.7. The first-order valence-corrected chi connectivity index (χ1v) is 10.3. The van der Waals surface area contributed by atoms with Gasteiger partial charge in [-0.25, -0.2) is 0 Å². The second-order valence-electron chi connectivity index (χ2n) is 8.75. The Labute approximate surface area is 141 Å². The van der Waals surface area contributed by atoms with Gasteiger partial charge in [0.2, 0.25) is 5.91 Å². The van der Waals surface area contributed by atoms with Crippen LogP contribution in [0.2, 0.25) is 0 Å². The molecule has 4 aliphatic carbocycles. The van der Waals surface area contributed by atoms with E-state index in [1.165, 1.54) is 70.6 Å². The maximum atomic E-state index is 12.7. The molecule has 0 spiro atoms. The minimum Gasteiger partial charge on any atom is -0.352 e. The van der Waals surface area contributed by atoms with Gasteiger partial charge in [-0.1, -0.05) is 13.3 Å². The maximum Gasteiger partial charge on any atom is 0.234 e. The summed E-state index contributed by atoms with van der Waals surface area (Å²) in [6, 6.07) is 1.90. The molecule has 3 nitrogen and oxygen atoms in total. The summed E-state index contributed by atoms with van der Waals surface area (Å²) >= 11 is 0. The molecule has 0 aromatic carbocycles. The summed E-state index contributed by atoms with van der Waals surface area (Å²) in [5.74, 6) is 2.87. The van der Waals surface area contributed by atoms with E-state index < -0.39 is 0 Å². The molecule has 0 heterocycles. The zero-order valence-corrected chi connectivity index (χ0v) is 14.8. The van der Waals surface area contributed by atoms with Crippen molar-refractivity contribution in [3.63, 3.8) is 0 Å². The molecule has 0 atom stereocenters. The van der Waals surface area contributed by atoms with Crippen molar-refractivity contribution in [2.24, 2.45) is 17.8 Å². The molecule has 0 unspecified atom stereocenters. The highest BCUT2D eigenvalue weighted by Gasteiger charge is 2.43. The van der Waals surface area contributed by atoms with Gasteiger partial charge in [-0.15, -0.1) is 0 Å². The van der Waals surface area contributed by atoms with Crippen LogP contribution < -0.4 is 5.32 Å². The zero-order chi connectivity index (χ0) is 15.8. The smallest absolute Gasteiger partial charge is 0.234 e. The molecule has 23 heavy (non-hydrogen) atoms. The average Bonchev–Trinajstić information content (AvgIpc) is 3.41. The lowest BCUT2D eigenvalue weighted by molar-refractivity contribution is -0.124. The quantitative estimate of drug-likeness (QED) is 0.739. The summed E-state index contributed by atoms with van der Waals surface area (Å²) in [4.78, 5) is 15.3. The molecule has 4 saturated carbocycles. The number of nitrogens with one attached hydrogen (secondary N) is 1. The van der Waals surface area contributed by atoms with E-state index in [1.54, 1.807) is 0 Å². The minimum absolute atomic E-state index is 0.318. The van der Waals surface area contributed by atoms with Crippen LogP contribution in [0.5, 0.6) is 0 Å². The fourth-order valence-corrected chi connectivity index (χ4v) is 4.78. The van der Waals surface area contributed by atoms with E-state index in [9.17, 15) is 4.79 Å². The predicted octanol–water partition coefficient (Wildman–Crippen LogP) is 3.72. The lowest BCUT2D eigenvalue weighted by Crippen LogP contribution is -2.48. The van der Waals surface area contributed by atoms with Gasteiger partial charge in [-0.3, -0.25) is 9.69 Å². The third-order valence-corrected chi connectivity index (χ3v) is 6.79. The van der Waals surface area contributed by atoms with Crippen LogP contribution in [0.3, 0.4) is 0 Å². The first kappa shape index (κ1) is 15.9. The molecule has 3 heteroatoms. The molecule has 130 valence electrons. The van der Waals surface area contributed by atoms with Crippen LogP contribution in [0.25, 0.3) is 0 Å². The van der Waals surface area contributed by atoms with Gasteiger partial charge in [-0.05, 0) is 82.0 Å². The van der Waals surface area contributed by atoms with Crippen molar-refractivity contribution >= 4 is 5.91 Å². The first-order chi connectivity index (χ1) is 11.2. The van der Waals surface area contributed by atoms with E-state index in [0.717, 1.165) is 17.8 Å². The van der Waals surface area contributed by atoms with Crippen LogP contribution in [0.4, 0.5) is 0 Å². The highest BCUT2D eigenvalue weighted by molar-refractivity contribution is 5.78. The van der Waals surface area contributed by atoms with Crippen LogP contribution in [-0.2, 0) is 4.79 Å². The van der Waals surface area contributed by atoms with E-state index in [4.69, 9.17) is 0 Å². The van der Waals surface area contributed by atoms with Crippen molar-refractivity contribution in [2.45, 2.75) is 95.7 Å². The van der Waals surface area contributed by atoms with Crippen molar-refractivity contribution in [2.75, 3.05) is 6.54 Å². The van der Waals surface area contributed by atoms with Gasteiger partial charge in [0.15, 0.2) is 0 Å². The van der Waals surface area contributed by atoms with Crippen molar-refractivity contribution in [1.82, 2.24) is 10.2 Å². The molecule has 4 fully saturated rings. The molecule has 0 bridgehead atoms. The zero-order valence-electron chi connectivity index (χ0n) is 14.8. The van der Waals surface area contributed by atoms with Gasteiger partial charge >= 0.3 is 0 Å². The van der Waals surface area contributed by atoms with Crippen molar-refractivity contribution in [3.8, 4) is 0 Å². The Bertz CT molecular complexity index is 405. The third kappa shape index (κ3) is 4.10. The van der Waals surface area contributed by atoms with Crippen LogP contribution in [0.1, 0.15) is 77.6 Å². The second-order valence-corrected chi connectivity index (χ2v) is 8.75. The highest BCUT2D eigenvalue weighted by Crippen LogP contribution is 2.44. The first-order valence-electron chi connectivity index (χ1n) is 10.3. The van der Waals surface area contributed by atoms with E-state index in [0.29, 0.717) is 30.6 Å². The molecule has 0 radical (unpaired) electrons. The molecule has 0 aliphatic heterocycles. The third-order valence-electron chi connectivity index (χ3n) is 6.79. The predicted molar refractivity (Wildman–Crippen MR) is 93.1 cm³/mol. The van der Waals surface area contributed by atoms with E-state index in [2.05, 4.69) is 17.1 Å². The lowest BCUT2D eigenvalue weighted by Gasteiger charge is -2.37. The van der Waals surface area contributed by atoms with Gasteiger partial charge in [0.05, 0.1) is 6.54 Å². The van der Waals surface area contributed by atoms with Crippen molar-refractivity contribution in [1.29, 1.82) is 0 Å². The van der Waals surface area contributed by atoms with Gasteiger partial charge in [-0.2, -0.15) is 0 Å². The summed E-state index contributed by atoms with van der Waals surface area (Å²) in [5, 5.41) is 3.43. The number of hydrogen-bond acceptors (Lipinski definition) is 2. The Balaban J connectivity index is 1.30. The number of amides is 1. The van der Waals surface area contributed by atoms with Gasteiger partial charge < -0.3 is 5.32 Å². The number of carbonyl (C=O) groups is 1.